The zero-order chi connectivity index (χ0) is 10.8. The number of hydrogen-bond acceptors (Lipinski definition) is 5. The molecule has 0 saturated heterocycles. The molecule has 0 aliphatic rings. The fourth-order valence-corrected chi connectivity index (χ4v) is 1.16. The van der Waals surface area contributed by atoms with E-state index in [0.29, 0.717) is 6.29 Å². The van der Waals surface area contributed by atoms with Crippen LogP contribution in [0.4, 0.5) is 0 Å². The van der Waals surface area contributed by atoms with E-state index in [2.05, 4.69) is 4.18 Å². The van der Waals surface area contributed by atoms with Crippen LogP contribution in [0.1, 0.15) is 10.4 Å². The summed E-state index contributed by atoms with van der Waals surface area (Å²) in [6, 6.07) is 3.29. The van der Waals surface area contributed by atoms with Gasteiger partial charge in [0.15, 0.2) is 11.5 Å². The van der Waals surface area contributed by atoms with E-state index in [1.165, 1.54) is 6.07 Å². The van der Waals surface area contributed by atoms with Crippen molar-refractivity contribution in [2.75, 3.05) is 0 Å². The minimum atomic E-state index is -4.67. The van der Waals surface area contributed by atoms with Gasteiger partial charge >= 0.3 is 10.4 Å². The van der Waals surface area contributed by atoms with Gasteiger partial charge < -0.3 is 9.29 Å². The molecule has 0 saturated carbocycles. The summed E-state index contributed by atoms with van der Waals surface area (Å²) in [5, 5.41) is 9.13. The van der Waals surface area contributed by atoms with Crippen molar-refractivity contribution in [1.82, 2.24) is 0 Å². The van der Waals surface area contributed by atoms with E-state index in [9.17, 15) is 13.2 Å². The van der Waals surface area contributed by atoms with Gasteiger partial charge in [0.1, 0.15) is 6.29 Å². The predicted molar refractivity (Wildman–Crippen MR) is 45.7 cm³/mol. The maximum atomic E-state index is 10.3. The topological polar surface area (TPSA) is 101 Å². The minimum absolute atomic E-state index is 0.158. The summed E-state index contributed by atoms with van der Waals surface area (Å²) in [6.07, 6.45) is 0.469. The Balaban J connectivity index is 3.07. The molecule has 0 atom stereocenters. The summed E-state index contributed by atoms with van der Waals surface area (Å²) in [7, 11) is -4.67. The Morgan fingerprint density at radius 3 is 2.43 bits per heavy atom. The molecule has 0 aliphatic carbocycles. The third-order valence-corrected chi connectivity index (χ3v) is 1.70. The number of aldehydes is 1. The Kier molecular flexibility index (Phi) is 2.73. The largest absolute Gasteiger partial charge is 0.504 e. The van der Waals surface area contributed by atoms with Crippen molar-refractivity contribution < 1.29 is 27.1 Å². The number of carbonyl (C=O) groups is 1. The summed E-state index contributed by atoms with van der Waals surface area (Å²) < 4.78 is 32.8. The first-order chi connectivity index (χ1) is 6.42. The molecule has 0 aromatic heterocycles. The van der Waals surface area contributed by atoms with Crippen LogP contribution in [0.25, 0.3) is 0 Å². The molecule has 14 heavy (non-hydrogen) atoms. The van der Waals surface area contributed by atoms with E-state index in [4.69, 9.17) is 9.66 Å². The summed E-state index contributed by atoms with van der Waals surface area (Å²) >= 11 is 0. The van der Waals surface area contributed by atoms with Crippen molar-refractivity contribution in [1.29, 1.82) is 0 Å². The fourth-order valence-electron chi connectivity index (χ4n) is 0.792. The number of phenolic OH excluding ortho intramolecular Hbond substituents is 1. The van der Waals surface area contributed by atoms with Gasteiger partial charge in [0.2, 0.25) is 0 Å². The molecular weight excluding hydrogens is 212 g/mol. The van der Waals surface area contributed by atoms with E-state index in [0.717, 1.165) is 12.1 Å². The molecule has 7 heteroatoms. The highest BCUT2D eigenvalue weighted by Crippen LogP contribution is 2.27. The van der Waals surface area contributed by atoms with E-state index in [1.54, 1.807) is 0 Å². The second-order valence-corrected chi connectivity index (χ2v) is 3.38. The van der Waals surface area contributed by atoms with Crippen molar-refractivity contribution in [3.63, 3.8) is 0 Å². The molecule has 76 valence electrons. The Morgan fingerprint density at radius 2 is 2.00 bits per heavy atom. The van der Waals surface area contributed by atoms with Gasteiger partial charge in [-0.3, -0.25) is 9.35 Å². The zero-order valence-corrected chi connectivity index (χ0v) is 7.56. The van der Waals surface area contributed by atoms with Crippen LogP contribution in [0.2, 0.25) is 0 Å². The number of phenols is 1. The molecule has 0 bridgehead atoms. The fraction of sp³-hybridized carbons (Fsp3) is 0. The van der Waals surface area contributed by atoms with E-state index in [1.807, 2.05) is 0 Å². The lowest BCUT2D eigenvalue weighted by Gasteiger charge is -2.03. The van der Waals surface area contributed by atoms with Gasteiger partial charge in [-0.25, -0.2) is 0 Å². The number of benzene rings is 1. The lowest BCUT2D eigenvalue weighted by Crippen LogP contribution is -2.06. The molecule has 0 spiro atoms. The Labute approximate surface area is 79.7 Å². The first kappa shape index (κ1) is 10.5. The average molecular weight is 218 g/mol. The van der Waals surface area contributed by atoms with E-state index >= 15 is 0 Å². The Hall–Kier alpha value is -1.60. The minimum Gasteiger partial charge on any atom is -0.504 e. The van der Waals surface area contributed by atoms with Gasteiger partial charge in [0.25, 0.3) is 0 Å². The molecule has 0 aliphatic heterocycles. The summed E-state index contributed by atoms with van der Waals surface area (Å²) in [5.74, 6) is -0.995. The lowest BCUT2D eigenvalue weighted by atomic mass is 10.2. The second kappa shape index (κ2) is 3.64. The van der Waals surface area contributed by atoms with Gasteiger partial charge in [-0.1, -0.05) is 0 Å². The number of carbonyl (C=O) groups excluding carboxylic acids is 1. The van der Waals surface area contributed by atoms with Crippen molar-refractivity contribution in [3.05, 3.63) is 23.8 Å². The van der Waals surface area contributed by atoms with Crippen LogP contribution in [-0.4, -0.2) is 24.4 Å². The van der Waals surface area contributed by atoms with Crippen molar-refractivity contribution in [3.8, 4) is 11.5 Å². The predicted octanol–water partition coefficient (Wildman–Crippen LogP) is 0.386. The SMILES string of the molecule is O=Cc1ccc(OS(=O)(=O)O)c(O)c1. The van der Waals surface area contributed by atoms with Crippen molar-refractivity contribution >= 4 is 16.7 Å². The van der Waals surface area contributed by atoms with Gasteiger partial charge in [-0.2, -0.15) is 8.42 Å². The average Bonchev–Trinajstić information content (AvgIpc) is 2.06. The first-order valence-electron chi connectivity index (χ1n) is 3.37. The monoisotopic (exact) mass is 218 g/mol. The molecular formula is C7H6O6S. The maximum absolute atomic E-state index is 10.3. The van der Waals surface area contributed by atoms with Gasteiger partial charge in [-0.15, -0.1) is 0 Å². The van der Waals surface area contributed by atoms with Crippen LogP contribution in [0.5, 0.6) is 11.5 Å². The lowest BCUT2D eigenvalue weighted by molar-refractivity contribution is 0.112. The van der Waals surface area contributed by atoms with Crippen LogP contribution in [0, 0.1) is 0 Å². The quantitative estimate of drug-likeness (QED) is 0.562. The highest BCUT2D eigenvalue weighted by atomic mass is 32.3. The van der Waals surface area contributed by atoms with Crippen LogP contribution >= 0.6 is 0 Å². The smallest absolute Gasteiger partial charge is 0.446 e. The molecule has 0 heterocycles. The van der Waals surface area contributed by atoms with Crippen LogP contribution in [-0.2, 0) is 10.4 Å². The van der Waals surface area contributed by atoms with E-state index < -0.39 is 21.9 Å². The second-order valence-electron chi connectivity index (χ2n) is 2.36. The molecule has 2 N–H and O–H groups in total. The van der Waals surface area contributed by atoms with Crippen LogP contribution in [0.15, 0.2) is 18.2 Å². The highest BCUT2D eigenvalue weighted by molar-refractivity contribution is 7.81. The molecule has 1 aromatic carbocycles. The maximum Gasteiger partial charge on any atom is 0.446 e. The highest BCUT2D eigenvalue weighted by Gasteiger charge is 2.11. The Bertz CT molecular complexity index is 449. The number of hydrogen-bond donors (Lipinski definition) is 2. The molecule has 0 unspecified atom stereocenters. The number of aromatic hydroxyl groups is 1. The standard InChI is InChI=1S/C7H6O6S/c8-4-5-1-2-7(6(9)3-5)13-14(10,11)12/h1-4,9H,(H,10,11,12). The van der Waals surface area contributed by atoms with Crippen molar-refractivity contribution in [2.24, 2.45) is 0 Å². The van der Waals surface area contributed by atoms with Crippen molar-refractivity contribution in [2.45, 2.75) is 0 Å². The molecule has 0 radical (unpaired) electrons. The summed E-state index contributed by atoms with van der Waals surface area (Å²) in [6.45, 7) is 0. The third kappa shape index (κ3) is 2.71. The van der Waals surface area contributed by atoms with E-state index in [-0.39, 0.29) is 5.56 Å². The third-order valence-electron chi connectivity index (χ3n) is 1.31. The van der Waals surface area contributed by atoms with Gasteiger partial charge in [0.05, 0.1) is 0 Å². The normalized spacial score (nSPS) is 10.9. The zero-order valence-electron chi connectivity index (χ0n) is 6.75. The summed E-state index contributed by atoms with van der Waals surface area (Å²) in [4.78, 5) is 10.2. The molecule has 1 rings (SSSR count). The van der Waals surface area contributed by atoms with Crippen LogP contribution in [0.3, 0.4) is 0 Å². The molecule has 1 aromatic rings. The number of rotatable bonds is 3. The van der Waals surface area contributed by atoms with Gasteiger partial charge in [0, 0.05) is 5.56 Å². The molecule has 0 fully saturated rings. The van der Waals surface area contributed by atoms with Crippen LogP contribution < -0.4 is 4.18 Å². The molecule has 6 nitrogen and oxygen atoms in total. The summed E-state index contributed by atoms with van der Waals surface area (Å²) in [5.41, 5.74) is 0.158. The Morgan fingerprint density at radius 1 is 1.36 bits per heavy atom. The van der Waals surface area contributed by atoms with Gasteiger partial charge in [-0.05, 0) is 18.2 Å². The molecule has 0 amide bonds. The first-order valence-corrected chi connectivity index (χ1v) is 4.74.